The molecular formula is C21H24N4O2. The lowest BCUT2D eigenvalue weighted by molar-refractivity contribution is 0.195. The van der Waals surface area contributed by atoms with Gasteiger partial charge in [0.1, 0.15) is 22.9 Å². The zero-order valence-corrected chi connectivity index (χ0v) is 15.6. The first-order chi connectivity index (χ1) is 13.0. The van der Waals surface area contributed by atoms with Crippen molar-refractivity contribution < 1.29 is 9.84 Å². The normalized spacial score (nSPS) is 23.7. The summed E-state index contributed by atoms with van der Waals surface area (Å²) in [4.78, 5) is 6.68. The number of ether oxygens (including phenoxy) is 1. The number of benzene rings is 1. The van der Waals surface area contributed by atoms with E-state index in [0.717, 1.165) is 53.0 Å². The molecule has 5 rings (SSSR count). The summed E-state index contributed by atoms with van der Waals surface area (Å²) < 4.78 is 6.12. The molecule has 0 bridgehead atoms. The van der Waals surface area contributed by atoms with Crippen molar-refractivity contribution in [2.75, 3.05) is 11.4 Å². The third-order valence-electron chi connectivity index (χ3n) is 5.72. The zero-order chi connectivity index (χ0) is 18.6. The maximum absolute atomic E-state index is 9.95. The second kappa shape index (κ2) is 5.96. The topological polar surface area (TPSA) is 74.3 Å². The molecule has 1 saturated heterocycles. The Kier molecular flexibility index (Phi) is 3.65. The highest BCUT2D eigenvalue weighted by Gasteiger charge is 2.40. The summed E-state index contributed by atoms with van der Waals surface area (Å²) in [6, 6.07) is 10.4. The highest BCUT2D eigenvalue weighted by atomic mass is 16.5. The number of fused-ring (bicyclic) bond motifs is 1. The predicted molar refractivity (Wildman–Crippen MR) is 105 cm³/mol. The molecule has 3 aromatic rings. The second-order valence-electron chi connectivity index (χ2n) is 8.13. The lowest BCUT2D eigenvalue weighted by Crippen LogP contribution is -2.28. The first-order valence-electron chi connectivity index (χ1n) is 9.59. The number of rotatable bonds is 4. The predicted octanol–water partition coefficient (Wildman–Crippen LogP) is 3.52. The van der Waals surface area contributed by atoms with Crippen molar-refractivity contribution in [3.8, 4) is 17.0 Å². The van der Waals surface area contributed by atoms with E-state index >= 15 is 0 Å². The van der Waals surface area contributed by atoms with E-state index in [1.807, 2.05) is 24.4 Å². The average Bonchev–Trinajstić information content (AvgIpc) is 3.08. The largest absolute Gasteiger partial charge is 0.488 e. The maximum atomic E-state index is 9.95. The van der Waals surface area contributed by atoms with Crippen LogP contribution in [0.2, 0.25) is 0 Å². The van der Waals surface area contributed by atoms with Crippen LogP contribution >= 0.6 is 0 Å². The van der Waals surface area contributed by atoms with Crippen LogP contribution in [0.4, 0.5) is 5.82 Å². The maximum Gasteiger partial charge on any atom is 0.129 e. The van der Waals surface area contributed by atoms with Crippen molar-refractivity contribution in [1.82, 2.24) is 15.2 Å². The van der Waals surface area contributed by atoms with E-state index in [4.69, 9.17) is 4.74 Å². The van der Waals surface area contributed by atoms with E-state index in [1.165, 1.54) is 0 Å². The number of aromatic amines is 1. The van der Waals surface area contributed by atoms with Crippen LogP contribution in [0.5, 0.6) is 5.75 Å². The molecule has 1 aromatic carbocycles. The molecule has 2 aromatic heterocycles. The van der Waals surface area contributed by atoms with Gasteiger partial charge < -0.3 is 14.7 Å². The summed E-state index contributed by atoms with van der Waals surface area (Å²) in [6.07, 6.45) is 4.51. The second-order valence-corrected chi connectivity index (χ2v) is 8.13. The first-order valence-corrected chi connectivity index (χ1v) is 9.59. The number of β-amino-alcohol motifs (C(OH)–C–C–N with tert-alkyl or cyclic N) is 1. The van der Waals surface area contributed by atoms with Gasteiger partial charge in [-0.2, -0.15) is 5.10 Å². The Labute approximate surface area is 158 Å². The number of aliphatic hydroxyl groups is 1. The van der Waals surface area contributed by atoms with Crippen LogP contribution in [0.15, 0.2) is 36.5 Å². The Morgan fingerprint density at radius 2 is 2.11 bits per heavy atom. The molecule has 2 aliphatic rings. The van der Waals surface area contributed by atoms with E-state index in [-0.39, 0.29) is 17.7 Å². The summed E-state index contributed by atoms with van der Waals surface area (Å²) in [5.74, 6) is 1.77. The fourth-order valence-corrected chi connectivity index (χ4v) is 3.88. The van der Waals surface area contributed by atoms with Gasteiger partial charge in [-0.25, -0.2) is 4.98 Å². The molecule has 2 N–H and O–H groups in total. The smallest absolute Gasteiger partial charge is 0.129 e. The van der Waals surface area contributed by atoms with Gasteiger partial charge in [0.2, 0.25) is 0 Å². The SMILES string of the molecule is CC1C[C@@H](O)CN1c1cc(-c2n[nH]c3ccc(OC4(C)CC4)cc23)ccn1. The van der Waals surface area contributed by atoms with Gasteiger partial charge in [0.15, 0.2) is 0 Å². The van der Waals surface area contributed by atoms with E-state index < -0.39 is 0 Å². The van der Waals surface area contributed by atoms with Crippen molar-refractivity contribution in [1.29, 1.82) is 0 Å². The van der Waals surface area contributed by atoms with Crippen molar-refractivity contribution >= 4 is 16.7 Å². The molecule has 2 atom stereocenters. The molecule has 1 saturated carbocycles. The summed E-state index contributed by atoms with van der Waals surface area (Å²) in [7, 11) is 0. The average molecular weight is 364 g/mol. The van der Waals surface area contributed by atoms with Crippen LogP contribution in [-0.4, -0.2) is 44.6 Å². The van der Waals surface area contributed by atoms with E-state index in [1.54, 1.807) is 0 Å². The van der Waals surface area contributed by atoms with Gasteiger partial charge in [-0.15, -0.1) is 0 Å². The lowest BCUT2D eigenvalue weighted by atomic mass is 10.1. The number of nitrogens with zero attached hydrogens (tertiary/aromatic N) is 3. The summed E-state index contributed by atoms with van der Waals surface area (Å²) in [6.45, 7) is 4.89. The Morgan fingerprint density at radius 3 is 2.85 bits per heavy atom. The highest BCUT2D eigenvalue weighted by Crippen LogP contribution is 2.40. The van der Waals surface area contributed by atoms with Crippen LogP contribution in [0.3, 0.4) is 0 Å². The Bertz CT molecular complexity index is 995. The van der Waals surface area contributed by atoms with Gasteiger partial charge in [-0.3, -0.25) is 5.10 Å². The van der Waals surface area contributed by atoms with E-state index in [0.29, 0.717) is 6.54 Å². The molecule has 1 aliphatic carbocycles. The Hall–Kier alpha value is -2.60. The van der Waals surface area contributed by atoms with Crippen LogP contribution < -0.4 is 9.64 Å². The number of nitrogens with one attached hydrogen (secondary N) is 1. The molecule has 2 fully saturated rings. The third-order valence-corrected chi connectivity index (χ3v) is 5.72. The third kappa shape index (κ3) is 3.04. The quantitative estimate of drug-likeness (QED) is 0.741. The van der Waals surface area contributed by atoms with Crippen LogP contribution in [-0.2, 0) is 0 Å². The van der Waals surface area contributed by atoms with Crippen LogP contribution in [0, 0.1) is 0 Å². The lowest BCUT2D eigenvalue weighted by Gasteiger charge is -2.22. The minimum absolute atomic E-state index is 0.00581. The number of anilines is 1. The van der Waals surface area contributed by atoms with E-state index in [2.05, 4.69) is 46.1 Å². The first kappa shape index (κ1) is 16.6. The standard InChI is InChI=1S/C21H24N4O2/c1-13-9-15(26)12-25(13)19-10-14(5-8-22-19)20-17-11-16(27-21(2)6-7-21)3-4-18(17)23-24-20/h3-5,8,10-11,13,15,26H,6-7,9,12H2,1-2H3,(H,23,24)/t13?,15-/m1/s1. The fraction of sp³-hybridized carbons (Fsp3) is 0.429. The Balaban J connectivity index is 1.51. The monoisotopic (exact) mass is 364 g/mol. The van der Waals surface area contributed by atoms with Gasteiger partial charge in [-0.05, 0) is 63.4 Å². The number of hydrogen-bond donors (Lipinski definition) is 2. The van der Waals surface area contributed by atoms with Crippen LogP contribution in [0.1, 0.15) is 33.1 Å². The van der Waals surface area contributed by atoms with Gasteiger partial charge in [0, 0.05) is 29.7 Å². The molecule has 27 heavy (non-hydrogen) atoms. The molecule has 0 radical (unpaired) electrons. The van der Waals surface area contributed by atoms with Crippen LogP contribution in [0.25, 0.3) is 22.2 Å². The molecule has 1 unspecified atom stereocenters. The molecule has 140 valence electrons. The van der Waals surface area contributed by atoms with Crippen molar-refractivity contribution in [3.63, 3.8) is 0 Å². The molecule has 3 heterocycles. The highest BCUT2D eigenvalue weighted by molar-refractivity contribution is 5.94. The van der Waals surface area contributed by atoms with E-state index in [9.17, 15) is 5.11 Å². The Morgan fingerprint density at radius 1 is 1.26 bits per heavy atom. The van der Waals surface area contributed by atoms with Crippen molar-refractivity contribution in [2.24, 2.45) is 0 Å². The minimum atomic E-state index is -0.292. The summed E-state index contributed by atoms with van der Waals surface area (Å²) in [5, 5.41) is 18.7. The zero-order valence-electron chi connectivity index (χ0n) is 15.6. The summed E-state index contributed by atoms with van der Waals surface area (Å²) >= 11 is 0. The number of H-pyrrole nitrogens is 1. The van der Waals surface area contributed by atoms with Gasteiger partial charge in [0.05, 0.1) is 11.6 Å². The van der Waals surface area contributed by atoms with Crippen molar-refractivity contribution in [2.45, 2.75) is 50.9 Å². The molecular weight excluding hydrogens is 340 g/mol. The van der Waals surface area contributed by atoms with Gasteiger partial charge >= 0.3 is 0 Å². The fourth-order valence-electron chi connectivity index (χ4n) is 3.88. The number of pyridine rings is 1. The molecule has 0 spiro atoms. The number of aliphatic hydroxyl groups excluding tert-OH is 1. The van der Waals surface area contributed by atoms with Gasteiger partial charge in [-0.1, -0.05) is 0 Å². The molecule has 6 heteroatoms. The molecule has 0 amide bonds. The molecule has 6 nitrogen and oxygen atoms in total. The number of aromatic nitrogens is 3. The van der Waals surface area contributed by atoms with Gasteiger partial charge in [0.25, 0.3) is 0 Å². The molecule has 1 aliphatic heterocycles. The summed E-state index contributed by atoms with van der Waals surface area (Å²) in [5.41, 5.74) is 2.89. The number of hydrogen-bond acceptors (Lipinski definition) is 5. The van der Waals surface area contributed by atoms with Crippen molar-refractivity contribution in [3.05, 3.63) is 36.5 Å². The minimum Gasteiger partial charge on any atom is -0.488 e.